The number of pyridine rings is 1. The number of anilines is 2. The third kappa shape index (κ3) is 2.64. The standard InChI is InChI=1S/C6H7N7O2S2/c7-9-5-2-1-4(3-8-5)17(14,15)11-6-10-12-13-16-6/h1-3H,7H2,(H,8,9)(H,10,11,13). The van der Waals surface area contributed by atoms with Gasteiger partial charge in [-0.1, -0.05) is 9.59 Å². The molecule has 0 saturated carbocycles. The van der Waals surface area contributed by atoms with E-state index in [0.29, 0.717) is 5.82 Å². The molecule has 0 amide bonds. The molecule has 0 spiro atoms. The van der Waals surface area contributed by atoms with Gasteiger partial charge in [-0.3, -0.25) is 4.72 Å². The summed E-state index contributed by atoms with van der Waals surface area (Å²) in [5.74, 6) is 5.48. The van der Waals surface area contributed by atoms with Crippen LogP contribution in [0.3, 0.4) is 0 Å². The second-order valence-electron chi connectivity index (χ2n) is 2.80. The lowest BCUT2D eigenvalue weighted by molar-refractivity contribution is 0.600. The van der Waals surface area contributed by atoms with Crippen LogP contribution < -0.4 is 16.0 Å². The number of aromatic nitrogens is 4. The van der Waals surface area contributed by atoms with Crippen LogP contribution >= 0.6 is 11.5 Å². The molecule has 90 valence electrons. The molecule has 17 heavy (non-hydrogen) atoms. The first-order valence-electron chi connectivity index (χ1n) is 4.22. The van der Waals surface area contributed by atoms with Crippen molar-refractivity contribution in [3.05, 3.63) is 18.3 Å². The van der Waals surface area contributed by atoms with Crippen LogP contribution in [-0.2, 0) is 10.0 Å². The van der Waals surface area contributed by atoms with Crippen molar-refractivity contribution in [2.75, 3.05) is 10.1 Å². The van der Waals surface area contributed by atoms with Gasteiger partial charge in [0, 0.05) is 17.7 Å². The second-order valence-corrected chi connectivity index (χ2v) is 5.21. The Morgan fingerprint density at radius 2 is 2.18 bits per heavy atom. The summed E-state index contributed by atoms with van der Waals surface area (Å²) in [7, 11) is -3.72. The van der Waals surface area contributed by atoms with Gasteiger partial charge in [0.1, 0.15) is 10.7 Å². The van der Waals surface area contributed by atoms with Crippen LogP contribution in [0.2, 0.25) is 0 Å². The molecule has 0 saturated heterocycles. The molecule has 0 atom stereocenters. The molecule has 0 aliphatic rings. The van der Waals surface area contributed by atoms with E-state index in [1.54, 1.807) is 0 Å². The van der Waals surface area contributed by atoms with Crippen LogP contribution in [0, 0.1) is 0 Å². The van der Waals surface area contributed by atoms with Crippen LogP contribution in [0.5, 0.6) is 0 Å². The van der Waals surface area contributed by atoms with Crippen molar-refractivity contribution < 1.29 is 8.42 Å². The highest BCUT2D eigenvalue weighted by Crippen LogP contribution is 2.15. The van der Waals surface area contributed by atoms with Crippen molar-refractivity contribution in [3.8, 4) is 0 Å². The molecule has 0 aliphatic heterocycles. The number of nitrogen functional groups attached to an aromatic ring is 1. The molecule has 2 heterocycles. The Balaban J connectivity index is 2.25. The summed E-state index contributed by atoms with van der Waals surface area (Å²) >= 11 is 0.837. The molecule has 0 fully saturated rings. The van der Waals surface area contributed by atoms with E-state index in [0.717, 1.165) is 11.5 Å². The molecular formula is C6H7N7O2S2. The summed E-state index contributed by atoms with van der Waals surface area (Å²) in [6.45, 7) is 0. The summed E-state index contributed by atoms with van der Waals surface area (Å²) in [6, 6.07) is 2.80. The van der Waals surface area contributed by atoms with E-state index in [1.807, 2.05) is 0 Å². The molecule has 0 aromatic carbocycles. The first kappa shape index (κ1) is 11.6. The SMILES string of the molecule is NNc1ccc(S(=O)(=O)Nc2nnns2)cn1. The van der Waals surface area contributed by atoms with Gasteiger partial charge in [-0.2, -0.15) is 0 Å². The molecule has 0 unspecified atom stereocenters. The third-order valence-electron chi connectivity index (χ3n) is 1.72. The number of nitrogens with one attached hydrogen (secondary N) is 2. The van der Waals surface area contributed by atoms with Crippen molar-refractivity contribution >= 4 is 32.5 Å². The van der Waals surface area contributed by atoms with E-state index in [1.165, 1.54) is 18.3 Å². The van der Waals surface area contributed by atoms with Gasteiger partial charge in [0.25, 0.3) is 10.0 Å². The van der Waals surface area contributed by atoms with Gasteiger partial charge >= 0.3 is 0 Å². The first-order chi connectivity index (χ1) is 8.12. The molecule has 11 heteroatoms. The number of hydrazine groups is 1. The van der Waals surface area contributed by atoms with Gasteiger partial charge in [-0.15, -0.1) is 0 Å². The van der Waals surface area contributed by atoms with Gasteiger partial charge < -0.3 is 5.43 Å². The van der Waals surface area contributed by atoms with Gasteiger partial charge in [-0.25, -0.2) is 19.2 Å². The molecule has 4 N–H and O–H groups in total. The summed E-state index contributed by atoms with van der Waals surface area (Å²) < 4.78 is 29.3. The van der Waals surface area contributed by atoms with Crippen molar-refractivity contribution in [3.63, 3.8) is 0 Å². The van der Waals surface area contributed by atoms with E-state index in [4.69, 9.17) is 5.84 Å². The second kappa shape index (κ2) is 4.57. The van der Waals surface area contributed by atoms with Crippen molar-refractivity contribution in [2.24, 2.45) is 5.84 Å². The van der Waals surface area contributed by atoms with Gasteiger partial charge in [0.2, 0.25) is 5.13 Å². The van der Waals surface area contributed by atoms with Crippen LogP contribution in [-0.4, -0.2) is 28.2 Å². The highest BCUT2D eigenvalue weighted by molar-refractivity contribution is 7.92. The fourth-order valence-electron chi connectivity index (χ4n) is 0.972. The molecule has 0 bridgehead atoms. The highest BCUT2D eigenvalue weighted by atomic mass is 32.2. The first-order valence-corrected chi connectivity index (χ1v) is 6.48. The van der Waals surface area contributed by atoms with Crippen molar-refractivity contribution in [1.82, 2.24) is 19.8 Å². The number of sulfonamides is 1. The Morgan fingerprint density at radius 3 is 2.71 bits per heavy atom. The molecule has 2 aromatic rings. The van der Waals surface area contributed by atoms with Gasteiger partial charge in [0.15, 0.2) is 0 Å². The summed E-state index contributed by atoms with van der Waals surface area (Å²) in [4.78, 5) is 3.78. The fraction of sp³-hybridized carbons (Fsp3) is 0. The normalized spacial score (nSPS) is 11.1. The zero-order valence-electron chi connectivity index (χ0n) is 8.23. The van der Waals surface area contributed by atoms with Gasteiger partial charge in [-0.05, 0) is 17.3 Å². The predicted molar refractivity (Wildman–Crippen MR) is 60.6 cm³/mol. The smallest absolute Gasteiger partial charge is 0.265 e. The van der Waals surface area contributed by atoms with E-state index in [9.17, 15) is 8.42 Å². The molecular weight excluding hydrogens is 266 g/mol. The molecule has 2 aromatic heterocycles. The highest BCUT2D eigenvalue weighted by Gasteiger charge is 2.16. The molecule has 0 radical (unpaired) electrons. The minimum absolute atomic E-state index is 0.00769. The Kier molecular flexibility index (Phi) is 3.12. The van der Waals surface area contributed by atoms with Crippen molar-refractivity contribution in [2.45, 2.75) is 4.90 Å². The quantitative estimate of drug-likeness (QED) is 0.497. The maximum Gasteiger partial charge on any atom is 0.265 e. The maximum absolute atomic E-state index is 11.8. The lowest BCUT2D eigenvalue weighted by Crippen LogP contribution is -2.14. The Bertz CT molecular complexity index is 579. The lowest BCUT2D eigenvalue weighted by atomic mass is 10.5. The fourth-order valence-corrected chi connectivity index (χ4v) is 2.50. The number of hydrogen-bond donors (Lipinski definition) is 3. The minimum atomic E-state index is -3.72. The maximum atomic E-state index is 11.8. The number of rotatable bonds is 4. The topological polar surface area (TPSA) is 136 Å². The van der Waals surface area contributed by atoms with Crippen LogP contribution in [0.15, 0.2) is 23.2 Å². The summed E-state index contributed by atoms with van der Waals surface area (Å²) in [5, 5.41) is 6.84. The van der Waals surface area contributed by atoms with Crippen LogP contribution in [0.1, 0.15) is 0 Å². The Morgan fingerprint density at radius 1 is 1.35 bits per heavy atom. The van der Waals surface area contributed by atoms with E-state index in [2.05, 4.69) is 29.9 Å². The Hall–Kier alpha value is -1.85. The average molecular weight is 273 g/mol. The minimum Gasteiger partial charge on any atom is -0.308 e. The number of nitrogens with two attached hydrogens (primary N) is 1. The number of hydrogen-bond acceptors (Lipinski definition) is 9. The third-order valence-corrected chi connectivity index (χ3v) is 3.68. The molecule has 9 nitrogen and oxygen atoms in total. The summed E-state index contributed by atoms with van der Waals surface area (Å²) in [5.41, 5.74) is 2.29. The zero-order chi connectivity index (χ0) is 12.3. The van der Waals surface area contributed by atoms with Crippen LogP contribution in [0.4, 0.5) is 10.9 Å². The van der Waals surface area contributed by atoms with Crippen LogP contribution in [0.25, 0.3) is 0 Å². The predicted octanol–water partition coefficient (Wildman–Crippen LogP) is -0.586. The van der Waals surface area contributed by atoms with E-state index in [-0.39, 0.29) is 10.0 Å². The van der Waals surface area contributed by atoms with Crippen molar-refractivity contribution in [1.29, 1.82) is 0 Å². The summed E-state index contributed by atoms with van der Waals surface area (Å²) in [6.07, 6.45) is 1.17. The van der Waals surface area contributed by atoms with E-state index >= 15 is 0 Å². The molecule has 0 aliphatic carbocycles. The largest absolute Gasteiger partial charge is 0.308 e. The molecule has 2 rings (SSSR count). The monoisotopic (exact) mass is 273 g/mol. The zero-order valence-corrected chi connectivity index (χ0v) is 9.86. The lowest BCUT2D eigenvalue weighted by Gasteiger charge is -2.04. The van der Waals surface area contributed by atoms with E-state index < -0.39 is 10.0 Å². The van der Waals surface area contributed by atoms with Gasteiger partial charge in [0.05, 0.1) is 0 Å². The number of nitrogens with zero attached hydrogens (tertiary/aromatic N) is 4. The average Bonchev–Trinajstić information content (AvgIpc) is 2.81. The Labute approximate surface area is 100 Å².